The van der Waals surface area contributed by atoms with E-state index in [-0.39, 0.29) is 5.91 Å². The lowest BCUT2D eigenvalue weighted by Crippen LogP contribution is -2.29. The van der Waals surface area contributed by atoms with Crippen LogP contribution < -0.4 is 9.47 Å². The molecule has 26 heavy (non-hydrogen) atoms. The highest BCUT2D eigenvalue weighted by Gasteiger charge is 2.29. The van der Waals surface area contributed by atoms with Gasteiger partial charge < -0.3 is 14.4 Å². The first-order valence-electron chi connectivity index (χ1n) is 9.24. The molecule has 0 N–H and O–H groups in total. The van der Waals surface area contributed by atoms with Gasteiger partial charge in [0.15, 0.2) is 0 Å². The van der Waals surface area contributed by atoms with E-state index in [4.69, 9.17) is 9.47 Å². The molecule has 2 aliphatic rings. The van der Waals surface area contributed by atoms with Gasteiger partial charge in [-0.25, -0.2) is 0 Å². The van der Waals surface area contributed by atoms with Crippen molar-refractivity contribution in [2.24, 2.45) is 13.0 Å². The predicted octanol–water partition coefficient (Wildman–Crippen LogP) is 2.67. The Morgan fingerprint density at radius 3 is 2.85 bits per heavy atom. The summed E-state index contributed by atoms with van der Waals surface area (Å²) in [5, 5.41) is 4.22. The Labute approximate surface area is 153 Å². The van der Waals surface area contributed by atoms with Crippen LogP contribution in [0.2, 0.25) is 0 Å². The first-order chi connectivity index (χ1) is 12.6. The van der Waals surface area contributed by atoms with Gasteiger partial charge in [-0.1, -0.05) is 0 Å². The summed E-state index contributed by atoms with van der Waals surface area (Å²) in [6, 6.07) is 5.53. The SMILES string of the molecule is COc1cc(OC2CC2)ccc1C(=O)N1CCC(Cc2cnn(C)c2)C1. The molecule has 0 radical (unpaired) electrons. The maximum Gasteiger partial charge on any atom is 0.257 e. The van der Waals surface area contributed by atoms with Crippen molar-refractivity contribution in [1.29, 1.82) is 0 Å². The fourth-order valence-electron chi connectivity index (χ4n) is 3.56. The van der Waals surface area contributed by atoms with Crippen LogP contribution in [0, 0.1) is 5.92 Å². The molecule has 1 atom stereocenters. The van der Waals surface area contributed by atoms with Crippen molar-refractivity contribution in [1.82, 2.24) is 14.7 Å². The highest BCUT2D eigenvalue weighted by molar-refractivity contribution is 5.97. The molecule has 0 spiro atoms. The van der Waals surface area contributed by atoms with Crippen molar-refractivity contribution in [3.63, 3.8) is 0 Å². The minimum atomic E-state index is 0.0357. The van der Waals surface area contributed by atoms with Gasteiger partial charge in [0.05, 0.1) is 25.0 Å². The molecule has 0 bridgehead atoms. The number of benzene rings is 1. The number of amides is 1. The quantitative estimate of drug-likeness (QED) is 0.799. The van der Waals surface area contributed by atoms with Gasteiger partial charge in [0.25, 0.3) is 5.91 Å². The Balaban J connectivity index is 1.42. The van der Waals surface area contributed by atoms with Crippen molar-refractivity contribution >= 4 is 5.91 Å². The molecule has 1 saturated carbocycles. The number of methoxy groups -OCH3 is 1. The number of ether oxygens (including phenoxy) is 2. The second-order valence-corrected chi connectivity index (χ2v) is 7.31. The molecule has 1 aliphatic carbocycles. The highest BCUT2D eigenvalue weighted by Crippen LogP contribution is 2.32. The van der Waals surface area contributed by atoms with E-state index in [0.717, 1.165) is 44.5 Å². The molecule has 2 aromatic rings. The first-order valence-corrected chi connectivity index (χ1v) is 9.24. The van der Waals surface area contributed by atoms with E-state index >= 15 is 0 Å². The number of aryl methyl sites for hydroxylation is 1. The second-order valence-electron chi connectivity index (χ2n) is 7.31. The van der Waals surface area contributed by atoms with Gasteiger partial charge in [-0.15, -0.1) is 0 Å². The van der Waals surface area contributed by atoms with Crippen molar-refractivity contribution in [3.8, 4) is 11.5 Å². The topological polar surface area (TPSA) is 56.6 Å². The molecule has 4 rings (SSSR count). The summed E-state index contributed by atoms with van der Waals surface area (Å²) >= 11 is 0. The number of carbonyl (C=O) groups is 1. The average Bonchev–Trinajstić information content (AvgIpc) is 3.17. The van der Waals surface area contributed by atoms with Gasteiger partial charge in [0, 0.05) is 32.4 Å². The first kappa shape index (κ1) is 16.9. The summed E-state index contributed by atoms with van der Waals surface area (Å²) in [4.78, 5) is 14.9. The number of aromatic nitrogens is 2. The molecule has 1 aromatic heterocycles. The largest absolute Gasteiger partial charge is 0.496 e. The lowest BCUT2D eigenvalue weighted by molar-refractivity contribution is 0.0783. The van der Waals surface area contributed by atoms with E-state index in [1.807, 2.05) is 47.2 Å². The molecule has 1 unspecified atom stereocenters. The normalized spacial score (nSPS) is 19.6. The molecule has 1 saturated heterocycles. The van der Waals surface area contributed by atoms with Gasteiger partial charge >= 0.3 is 0 Å². The van der Waals surface area contributed by atoms with E-state index in [0.29, 0.717) is 23.3 Å². The van der Waals surface area contributed by atoms with E-state index in [1.54, 1.807) is 7.11 Å². The maximum atomic E-state index is 13.0. The molecule has 6 heteroatoms. The van der Waals surface area contributed by atoms with Crippen LogP contribution in [-0.4, -0.2) is 46.9 Å². The van der Waals surface area contributed by atoms with E-state index in [9.17, 15) is 4.79 Å². The van der Waals surface area contributed by atoms with Gasteiger partial charge in [-0.2, -0.15) is 5.10 Å². The Morgan fingerprint density at radius 2 is 2.15 bits per heavy atom. The summed E-state index contributed by atoms with van der Waals surface area (Å²) in [5.74, 6) is 1.88. The molecule has 1 aliphatic heterocycles. The number of likely N-dealkylation sites (tertiary alicyclic amines) is 1. The van der Waals surface area contributed by atoms with Crippen molar-refractivity contribution in [3.05, 3.63) is 41.7 Å². The van der Waals surface area contributed by atoms with Crippen LogP contribution in [0.15, 0.2) is 30.6 Å². The summed E-state index contributed by atoms with van der Waals surface area (Å²) in [6.07, 6.45) is 8.48. The maximum absolute atomic E-state index is 13.0. The predicted molar refractivity (Wildman–Crippen MR) is 97.6 cm³/mol. The Bertz CT molecular complexity index is 797. The number of rotatable bonds is 6. The molecule has 138 valence electrons. The molecular weight excluding hydrogens is 330 g/mol. The number of carbonyl (C=O) groups excluding carboxylic acids is 1. The molecular formula is C20H25N3O3. The van der Waals surface area contributed by atoms with Gasteiger partial charge in [0.2, 0.25) is 0 Å². The van der Waals surface area contributed by atoms with Crippen molar-refractivity contribution in [2.75, 3.05) is 20.2 Å². The van der Waals surface area contributed by atoms with E-state index in [2.05, 4.69) is 5.10 Å². The number of hydrogen-bond acceptors (Lipinski definition) is 4. The summed E-state index contributed by atoms with van der Waals surface area (Å²) < 4.78 is 13.1. The Morgan fingerprint density at radius 1 is 1.31 bits per heavy atom. The molecule has 6 nitrogen and oxygen atoms in total. The third-order valence-electron chi connectivity index (χ3n) is 5.09. The molecule has 2 fully saturated rings. The van der Waals surface area contributed by atoms with Crippen LogP contribution in [-0.2, 0) is 13.5 Å². The zero-order chi connectivity index (χ0) is 18.1. The minimum Gasteiger partial charge on any atom is -0.496 e. The molecule has 1 amide bonds. The number of hydrogen-bond donors (Lipinski definition) is 0. The smallest absolute Gasteiger partial charge is 0.257 e. The van der Waals surface area contributed by atoms with Crippen LogP contribution >= 0.6 is 0 Å². The lowest BCUT2D eigenvalue weighted by atomic mass is 10.0. The summed E-state index contributed by atoms with van der Waals surface area (Å²) in [6.45, 7) is 1.56. The van der Waals surface area contributed by atoms with Crippen LogP contribution in [0.25, 0.3) is 0 Å². The zero-order valence-electron chi connectivity index (χ0n) is 15.4. The highest BCUT2D eigenvalue weighted by atomic mass is 16.5. The fraction of sp³-hybridized carbons (Fsp3) is 0.500. The number of nitrogens with zero attached hydrogens (tertiary/aromatic N) is 3. The van der Waals surface area contributed by atoms with Crippen LogP contribution in [0.4, 0.5) is 0 Å². The monoisotopic (exact) mass is 355 g/mol. The van der Waals surface area contributed by atoms with Crippen molar-refractivity contribution in [2.45, 2.75) is 31.8 Å². The average molecular weight is 355 g/mol. The molecule has 2 heterocycles. The second kappa shape index (κ2) is 7.02. The molecule has 1 aromatic carbocycles. The zero-order valence-corrected chi connectivity index (χ0v) is 15.4. The van der Waals surface area contributed by atoms with Gasteiger partial charge in [-0.05, 0) is 49.3 Å². The van der Waals surface area contributed by atoms with E-state index in [1.165, 1.54) is 5.56 Å². The minimum absolute atomic E-state index is 0.0357. The fourth-order valence-corrected chi connectivity index (χ4v) is 3.56. The van der Waals surface area contributed by atoms with E-state index < -0.39 is 0 Å². The van der Waals surface area contributed by atoms with Crippen molar-refractivity contribution < 1.29 is 14.3 Å². The standard InChI is InChI=1S/C20H25N3O3/c1-22-12-15(11-21-22)9-14-7-8-23(13-14)20(24)18-6-5-17(10-19(18)25-2)26-16-3-4-16/h5-6,10-12,14,16H,3-4,7-9,13H2,1-2H3. The van der Waals surface area contributed by atoms with Crippen LogP contribution in [0.3, 0.4) is 0 Å². The van der Waals surface area contributed by atoms with Crippen LogP contribution in [0.5, 0.6) is 11.5 Å². The lowest BCUT2D eigenvalue weighted by Gasteiger charge is -2.19. The van der Waals surface area contributed by atoms with Gasteiger partial charge in [0.1, 0.15) is 11.5 Å². The summed E-state index contributed by atoms with van der Waals surface area (Å²) in [7, 11) is 3.53. The Kier molecular flexibility index (Phi) is 4.57. The Hall–Kier alpha value is -2.50. The summed E-state index contributed by atoms with van der Waals surface area (Å²) in [5.41, 5.74) is 1.84. The van der Waals surface area contributed by atoms with Crippen LogP contribution in [0.1, 0.15) is 35.2 Å². The third-order valence-corrected chi connectivity index (χ3v) is 5.09. The third kappa shape index (κ3) is 3.69. The van der Waals surface area contributed by atoms with Gasteiger partial charge in [-0.3, -0.25) is 9.48 Å².